The number of hydrogen-bond donors (Lipinski definition) is 1. The van der Waals surface area contributed by atoms with Gasteiger partial charge in [-0.2, -0.15) is 0 Å². The monoisotopic (exact) mass is 296 g/mol. The van der Waals surface area contributed by atoms with Crippen molar-refractivity contribution in [1.29, 1.82) is 0 Å². The number of ether oxygens (including phenoxy) is 1. The van der Waals surface area contributed by atoms with Crippen LogP contribution in [-0.2, 0) is 4.79 Å². The van der Waals surface area contributed by atoms with Gasteiger partial charge in [0.05, 0.1) is 6.04 Å². The van der Waals surface area contributed by atoms with Crippen LogP contribution in [0.4, 0.5) is 0 Å². The van der Waals surface area contributed by atoms with Crippen LogP contribution in [0.15, 0.2) is 60.7 Å². The van der Waals surface area contributed by atoms with Gasteiger partial charge in [0.25, 0.3) is 5.91 Å². The Bertz CT molecular complexity index is 601. The zero-order chi connectivity index (χ0) is 15.2. The predicted octanol–water partition coefficient (Wildman–Crippen LogP) is 2.24. The maximum absolute atomic E-state index is 12.5. The molecule has 2 aromatic carbocycles. The summed E-state index contributed by atoms with van der Waals surface area (Å²) in [6, 6.07) is 19.7. The van der Waals surface area contributed by atoms with Crippen molar-refractivity contribution < 1.29 is 9.53 Å². The quantitative estimate of drug-likeness (QED) is 0.941. The number of carbonyl (C=O) groups excluding carboxylic acids is 1. The summed E-state index contributed by atoms with van der Waals surface area (Å²) in [5.41, 5.74) is 1.16. The highest BCUT2D eigenvalue weighted by atomic mass is 16.5. The van der Waals surface area contributed by atoms with E-state index in [1.165, 1.54) is 0 Å². The Morgan fingerprint density at radius 2 is 1.77 bits per heavy atom. The minimum atomic E-state index is 0.0270. The lowest BCUT2D eigenvalue weighted by molar-refractivity contribution is -0.136. The van der Waals surface area contributed by atoms with Gasteiger partial charge in [0.15, 0.2) is 6.61 Å². The van der Waals surface area contributed by atoms with Crippen molar-refractivity contribution >= 4 is 5.91 Å². The molecular formula is C18H20N2O2. The number of para-hydroxylation sites is 1. The van der Waals surface area contributed by atoms with E-state index < -0.39 is 0 Å². The minimum absolute atomic E-state index is 0.0270. The number of benzene rings is 2. The first-order valence-corrected chi connectivity index (χ1v) is 7.57. The van der Waals surface area contributed by atoms with Crippen LogP contribution >= 0.6 is 0 Å². The second-order valence-corrected chi connectivity index (χ2v) is 5.32. The molecule has 0 bridgehead atoms. The number of carbonyl (C=O) groups is 1. The van der Waals surface area contributed by atoms with Crippen molar-refractivity contribution in [3.63, 3.8) is 0 Å². The van der Waals surface area contributed by atoms with Crippen LogP contribution < -0.4 is 10.1 Å². The van der Waals surface area contributed by atoms with E-state index in [1.54, 1.807) is 0 Å². The lowest BCUT2D eigenvalue weighted by atomic mass is 10.0. The van der Waals surface area contributed by atoms with Gasteiger partial charge in [0.1, 0.15) is 5.75 Å². The number of rotatable bonds is 4. The molecule has 0 saturated carbocycles. The topological polar surface area (TPSA) is 41.6 Å². The second kappa shape index (κ2) is 7.09. The molecule has 4 heteroatoms. The van der Waals surface area contributed by atoms with E-state index in [2.05, 4.69) is 17.4 Å². The Morgan fingerprint density at radius 3 is 2.50 bits per heavy atom. The summed E-state index contributed by atoms with van der Waals surface area (Å²) < 4.78 is 5.59. The minimum Gasteiger partial charge on any atom is -0.484 e. The molecule has 3 rings (SSSR count). The summed E-state index contributed by atoms with van der Waals surface area (Å²) in [7, 11) is 0. The molecule has 114 valence electrons. The van der Waals surface area contributed by atoms with E-state index in [0.717, 1.165) is 24.4 Å². The third-order valence-corrected chi connectivity index (χ3v) is 3.85. The molecule has 1 N–H and O–H groups in total. The van der Waals surface area contributed by atoms with E-state index in [4.69, 9.17) is 4.74 Å². The van der Waals surface area contributed by atoms with Crippen LogP contribution in [-0.4, -0.2) is 37.0 Å². The summed E-state index contributed by atoms with van der Waals surface area (Å²) in [5.74, 6) is 0.751. The Kier molecular flexibility index (Phi) is 4.71. The standard InChI is InChI=1S/C18H20N2O2/c21-18(14-22-16-9-5-2-6-10-16)20-12-11-19-13-17(20)15-7-3-1-4-8-15/h1-10,17,19H,11-14H2. The van der Waals surface area contributed by atoms with Crippen LogP contribution in [0.5, 0.6) is 5.75 Å². The first kappa shape index (κ1) is 14.6. The fourth-order valence-corrected chi connectivity index (χ4v) is 2.72. The zero-order valence-electron chi connectivity index (χ0n) is 12.4. The first-order chi connectivity index (χ1) is 10.8. The Balaban J connectivity index is 1.66. The van der Waals surface area contributed by atoms with Crippen molar-refractivity contribution in [1.82, 2.24) is 10.2 Å². The van der Waals surface area contributed by atoms with Crippen molar-refractivity contribution in [2.45, 2.75) is 6.04 Å². The highest BCUT2D eigenvalue weighted by Gasteiger charge is 2.27. The molecule has 1 aliphatic rings. The maximum Gasteiger partial charge on any atom is 0.261 e. The van der Waals surface area contributed by atoms with Crippen molar-refractivity contribution in [3.05, 3.63) is 66.2 Å². The normalized spacial score (nSPS) is 18.0. The molecule has 0 aliphatic carbocycles. The zero-order valence-corrected chi connectivity index (χ0v) is 12.4. The average Bonchev–Trinajstić information content (AvgIpc) is 2.61. The van der Waals surface area contributed by atoms with Gasteiger partial charge >= 0.3 is 0 Å². The SMILES string of the molecule is O=C(COc1ccccc1)N1CCNCC1c1ccccc1. The van der Waals surface area contributed by atoms with Gasteiger partial charge in [0.2, 0.25) is 0 Å². The molecule has 1 amide bonds. The number of piperazine rings is 1. The molecule has 22 heavy (non-hydrogen) atoms. The fourth-order valence-electron chi connectivity index (χ4n) is 2.72. The van der Waals surface area contributed by atoms with Crippen molar-refractivity contribution in [2.24, 2.45) is 0 Å². The summed E-state index contributed by atoms with van der Waals surface area (Å²) >= 11 is 0. The molecule has 2 aromatic rings. The molecule has 0 radical (unpaired) electrons. The molecule has 4 nitrogen and oxygen atoms in total. The number of amides is 1. The fraction of sp³-hybridized carbons (Fsp3) is 0.278. The highest BCUT2D eigenvalue weighted by molar-refractivity contribution is 5.78. The van der Waals surface area contributed by atoms with Gasteiger partial charge in [-0.1, -0.05) is 48.5 Å². The summed E-state index contributed by atoms with van der Waals surface area (Å²) in [5, 5.41) is 3.36. The van der Waals surface area contributed by atoms with Gasteiger partial charge in [-0.25, -0.2) is 0 Å². The third kappa shape index (κ3) is 3.46. The summed E-state index contributed by atoms with van der Waals surface area (Å²) in [6.45, 7) is 2.38. The first-order valence-electron chi connectivity index (χ1n) is 7.57. The second-order valence-electron chi connectivity index (χ2n) is 5.32. The van der Waals surface area contributed by atoms with Gasteiger partial charge < -0.3 is 15.0 Å². The molecule has 0 spiro atoms. The summed E-state index contributed by atoms with van der Waals surface area (Å²) in [4.78, 5) is 14.4. The molecule has 1 saturated heterocycles. The molecular weight excluding hydrogens is 276 g/mol. The largest absolute Gasteiger partial charge is 0.484 e. The molecule has 1 unspecified atom stereocenters. The van der Waals surface area contributed by atoms with Crippen LogP contribution in [0.1, 0.15) is 11.6 Å². The highest BCUT2D eigenvalue weighted by Crippen LogP contribution is 2.22. The van der Waals surface area contributed by atoms with E-state index >= 15 is 0 Å². The lowest BCUT2D eigenvalue weighted by Crippen LogP contribution is -2.50. The number of nitrogens with zero attached hydrogens (tertiary/aromatic N) is 1. The molecule has 1 heterocycles. The average molecular weight is 296 g/mol. The Hall–Kier alpha value is -2.33. The van der Waals surface area contributed by atoms with Crippen LogP contribution in [0, 0.1) is 0 Å². The van der Waals surface area contributed by atoms with Crippen LogP contribution in [0.2, 0.25) is 0 Å². The van der Waals surface area contributed by atoms with Gasteiger partial charge in [-0.05, 0) is 17.7 Å². The van der Waals surface area contributed by atoms with Crippen LogP contribution in [0.25, 0.3) is 0 Å². The molecule has 1 atom stereocenters. The lowest BCUT2D eigenvalue weighted by Gasteiger charge is -2.36. The molecule has 0 aromatic heterocycles. The number of hydrogen-bond acceptors (Lipinski definition) is 3. The van der Waals surface area contributed by atoms with Crippen molar-refractivity contribution in [2.75, 3.05) is 26.2 Å². The van der Waals surface area contributed by atoms with Crippen LogP contribution in [0.3, 0.4) is 0 Å². The van der Waals surface area contributed by atoms with E-state index in [1.807, 2.05) is 53.4 Å². The smallest absolute Gasteiger partial charge is 0.261 e. The number of nitrogens with one attached hydrogen (secondary N) is 1. The van der Waals surface area contributed by atoms with E-state index in [9.17, 15) is 4.79 Å². The van der Waals surface area contributed by atoms with Gasteiger partial charge in [-0.15, -0.1) is 0 Å². The molecule has 1 aliphatic heterocycles. The summed E-state index contributed by atoms with van der Waals surface area (Å²) in [6.07, 6.45) is 0. The Labute approximate surface area is 130 Å². The molecule has 1 fully saturated rings. The van der Waals surface area contributed by atoms with Gasteiger partial charge in [0, 0.05) is 19.6 Å². The predicted molar refractivity (Wildman–Crippen MR) is 85.7 cm³/mol. The third-order valence-electron chi connectivity index (χ3n) is 3.85. The van der Waals surface area contributed by atoms with Crippen molar-refractivity contribution in [3.8, 4) is 5.75 Å². The van der Waals surface area contributed by atoms with E-state index in [0.29, 0.717) is 6.54 Å². The van der Waals surface area contributed by atoms with E-state index in [-0.39, 0.29) is 18.6 Å². The Morgan fingerprint density at radius 1 is 1.09 bits per heavy atom. The van der Waals surface area contributed by atoms with Gasteiger partial charge in [-0.3, -0.25) is 4.79 Å². The maximum atomic E-state index is 12.5.